The van der Waals surface area contributed by atoms with Gasteiger partial charge in [0.2, 0.25) is 5.91 Å². The third kappa shape index (κ3) is 7.46. The monoisotopic (exact) mass is 507 g/mol. The van der Waals surface area contributed by atoms with E-state index in [2.05, 4.69) is 33.3 Å². The third-order valence-corrected chi connectivity index (χ3v) is 7.94. The average molecular weight is 508 g/mol. The number of rotatable bonds is 10. The van der Waals surface area contributed by atoms with Crippen molar-refractivity contribution < 1.29 is 19.4 Å². The summed E-state index contributed by atoms with van der Waals surface area (Å²) in [6.45, 7) is 8.30. The average Bonchev–Trinajstić information content (AvgIpc) is 3.40. The summed E-state index contributed by atoms with van der Waals surface area (Å²) < 4.78 is 11.7. The summed E-state index contributed by atoms with van der Waals surface area (Å²) in [5, 5.41) is 12.9. The summed E-state index contributed by atoms with van der Waals surface area (Å²) in [5.41, 5.74) is 4.02. The molecule has 2 heterocycles. The van der Waals surface area contributed by atoms with Crippen molar-refractivity contribution in [2.75, 3.05) is 59.1 Å². The highest BCUT2D eigenvalue weighted by Gasteiger charge is 2.32. The number of aryl methyl sites for hydroxylation is 2. The van der Waals surface area contributed by atoms with Crippen LogP contribution in [0, 0.1) is 11.8 Å². The largest absolute Gasteiger partial charge is 0.508 e. The van der Waals surface area contributed by atoms with E-state index in [0.717, 1.165) is 83.1 Å². The lowest BCUT2D eigenvalue weighted by Gasteiger charge is -2.37. The van der Waals surface area contributed by atoms with E-state index >= 15 is 0 Å². The van der Waals surface area contributed by atoms with Gasteiger partial charge in [0.05, 0.1) is 25.7 Å². The number of ether oxygens (including phenoxy) is 2. The van der Waals surface area contributed by atoms with E-state index in [1.54, 1.807) is 12.1 Å². The zero-order chi connectivity index (χ0) is 25.5. The Kier molecular flexibility index (Phi) is 8.97. The van der Waals surface area contributed by atoms with Crippen LogP contribution in [0.2, 0.25) is 0 Å². The highest BCUT2D eigenvalue weighted by atomic mass is 16.5. The highest BCUT2D eigenvalue weighted by Crippen LogP contribution is 2.28. The van der Waals surface area contributed by atoms with Crippen LogP contribution in [0.3, 0.4) is 0 Å². The predicted octanol–water partition coefficient (Wildman–Crippen LogP) is 3.24. The third-order valence-electron chi connectivity index (χ3n) is 7.94. The number of aromatic hydroxyl groups is 1. The van der Waals surface area contributed by atoms with Gasteiger partial charge in [0.1, 0.15) is 11.5 Å². The molecule has 0 bridgehead atoms. The van der Waals surface area contributed by atoms with Crippen molar-refractivity contribution in [1.82, 2.24) is 15.1 Å². The Morgan fingerprint density at radius 3 is 2.68 bits per heavy atom. The van der Waals surface area contributed by atoms with Gasteiger partial charge in [-0.05, 0) is 79.6 Å². The van der Waals surface area contributed by atoms with Crippen LogP contribution in [-0.2, 0) is 28.9 Å². The van der Waals surface area contributed by atoms with Gasteiger partial charge < -0.3 is 19.9 Å². The number of hydrogen-bond donors (Lipinski definition) is 2. The molecule has 5 rings (SSSR count). The molecule has 0 radical (unpaired) electrons. The molecule has 2 aromatic carbocycles. The van der Waals surface area contributed by atoms with Gasteiger partial charge in [0, 0.05) is 45.2 Å². The SMILES string of the molecule is O=C(NCCCN1CCOCC1)[C@@H]1C[C@H](COc2ccc3c(c2)CCC3)CN(Cc2ccc(O)cc2)C1. The standard InChI is InChI=1S/C30H41N3O4/c34-28-8-5-23(6-9-28)19-33-20-24(22-37-29-10-7-25-3-1-4-26(25)18-29)17-27(21-33)30(35)31-11-2-12-32-13-15-36-16-14-32/h5-10,18,24,27,34H,1-4,11-17,19-22H2,(H,31,35)/t24-,27+/m0/s1. The zero-order valence-corrected chi connectivity index (χ0v) is 21.9. The Hall–Kier alpha value is -2.61. The maximum atomic E-state index is 13.2. The molecule has 2 aromatic rings. The van der Waals surface area contributed by atoms with Crippen molar-refractivity contribution in [3.05, 3.63) is 59.2 Å². The van der Waals surface area contributed by atoms with Crippen molar-refractivity contribution in [3.63, 3.8) is 0 Å². The quantitative estimate of drug-likeness (QED) is 0.481. The second-order valence-corrected chi connectivity index (χ2v) is 10.9. The van der Waals surface area contributed by atoms with Gasteiger partial charge in [-0.25, -0.2) is 0 Å². The Morgan fingerprint density at radius 2 is 1.84 bits per heavy atom. The summed E-state index contributed by atoms with van der Waals surface area (Å²) in [6, 6.07) is 13.9. The number of hydrogen-bond acceptors (Lipinski definition) is 6. The predicted molar refractivity (Wildman–Crippen MR) is 144 cm³/mol. The van der Waals surface area contributed by atoms with Gasteiger partial charge in [0.25, 0.3) is 0 Å². The molecule has 2 aliphatic heterocycles. The van der Waals surface area contributed by atoms with Gasteiger partial charge in [-0.1, -0.05) is 18.2 Å². The highest BCUT2D eigenvalue weighted by molar-refractivity contribution is 5.79. The molecule has 200 valence electrons. The Labute approximate surface area is 220 Å². The molecule has 37 heavy (non-hydrogen) atoms. The van der Waals surface area contributed by atoms with E-state index < -0.39 is 0 Å². The topological polar surface area (TPSA) is 74.3 Å². The number of piperidine rings is 1. The molecule has 2 fully saturated rings. The molecular weight excluding hydrogens is 466 g/mol. The van der Waals surface area contributed by atoms with E-state index in [4.69, 9.17) is 9.47 Å². The number of phenols is 1. The number of amides is 1. The lowest BCUT2D eigenvalue weighted by atomic mass is 9.88. The Balaban J connectivity index is 1.16. The summed E-state index contributed by atoms with van der Waals surface area (Å²) in [6.07, 6.45) is 5.35. The van der Waals surface area contributed by atoms with Crippen LogP contribution in [0.15, 0.2) is 42.5 Å². The normalized spacial score (nSPS) is 22.5. The number of carbonyl (C=O) groups excluding carboxylic acids is 1. The van der Waals surface area contributed by atoms with Crippen LogP contribution in [0.4, 0.5) is 0 Å². The number of nitrogens with zero attached hydrogens (tertiary/aromatic N) is 2. The first-order valence-corrected chi connectivity index (χ1v) is 13.9. The minimum absolute atomic E-state index is 0.0529. The minimum atomic E-state index is -0.0529. The first kappa shape index (κ1) is 26.0. The van der Waals surface area contributed by atoms with Crippen LogP contribution in [0.1, 0.15) is 36.0 Å². The van der Waals surface area contributed by atoms with E-state index in [1.165, 1.54) is 24.0 Å². The minimum Gasteiger partial charge on any atom is -0.508 e. The molecule has 0 spiro atoms. The van der Waals surface area contributed by atoms with Gasteiger partial charge >= 0.3 is 0 Å². The number of fused-ring (bicyclic) bond motifs is 1. The maximum absolute atomic E-state index is 13.2. The van der Waals surface area contributed by atoms with E-state index in [1.807, 2.05) is 12.1 Å². The van der Waals surface area contributed by atoms with Crippen molar-refractivity contribution in [1.29, 1.82) is 0 Å². The second-order valence-electron chi connectivity index (χ2n) is 10.9. The Morgan fingerprint density at radius 1 is 1.03 bits per heavy atom. The van der Waals surface area contributed by atoms with Crippen LogP contribution >= 0.6 is 0 Å². The molecule has 3 aliphatic rings. The van der Waals surface area contributed by atoms with E-state index in [-0.39, 0.29) is 23.5 Å². The fraction of sp³-hybridized carbons (Fsp3) is 0.567. The van der Waals surface area contributed by atoms with Crippen LogP contribution in [-0.4, -0.2) is 79.9 Å². The summed E-state index contributed by atoms with van der Waals surface area (Å²) in [7, 11) is 0. The zero-order valence-electron chi connectivity index (χ0n) is 21.9. The van der Waals surface area contributed by atoms with Crippen molar-refractivity contribution >= 4 is 5.91 Å². The van der Waals surface area contributed by atoms with Crippen molar-refractivity contribution in [2.45, 2.75) is 38.6 Å². The maximum Gasteiger partial charge on any atom is 0.224 e. The number of likely N-dealkylation sites (tertiary alicyclic amines) is 1. The van der Waals surface area contributed by atoms with Gasteiger partial charge in [-0.2, -0.15) is 0 Å². The lowest BCUT2D eigenvalue weighted by molar-refractivity contribution is -0.127. The van der Waals surface area contributed by atoms with E-state index in [9.17, 15) is 9.90 Å². The first-order chi connectivity index (χ1) is 18.1. The molecule has 7 nitrogen and oxygen atoms in total. The van der Waals surface area contributed by atoms with Crippen molar-refractivity contribution in [2.24, 2.45) is 11.8 Å². The van der Waals surface area contributed by atoms with Crippen LogP contribution in [0.5, 0.6) is 11.5 Å². The van der Waals surface area contributed by atoms with Crippen LogP contribution < -0.4 is 10.1 Å². The molecule has 2 saturated heterocycles. The summed E-state index contributed by atoms with van der Waals surface area (Å²) >= 11 is 0. The molecule has 2 N–H and O–H groups in total. The molecular formula is C30H41N3O4. The molecule has 0 aromatic heterocycles. The number of carbonyl (C=O) groups is 1. The van der Waals surface area contributed by atoms with Gasteiger partial charge in [0.15, 0.2) is 0 Å². The lowest BCUT2D eigenvalue weighted by Crippen LogP contribution is -2.47. The fourth-order valence-electron chi connectivity index (χ4n) is 5.94. The molecule has 1 amide bonds. The van der Waals surface area contributed by atoms with E-state index in [0.29, 0.717) is 13.2 Å². The van der Waals surface area contributed by atoms with Gasteiger partial charge in [-0.15, -0.1) is 0 Å². The molecule has 1 aliphatic carbocycles. The number of morpholine rings is 1. The van der Waals surface area contributed by atoms with Gasteiger partial charge in [-0.3, -0.25) is 14.6 Å². The van der Waals surface area contributed by atoms with Crippen molar-refractivity contribution in [3.8, 4) is 11.5 Å². The second kappa shape index (κ2) is 12.8. The smallest absolute Gasteiger partial charge is 0.224 e. The van der Waals surface area contributed by atoms with Crippen LogP contribution in [0.25, 0.3) is 0 Å². The molecule has 0 saturated carbocycles. The fourth-order valence-corrected chi connectivity index (χ4v) is 5.94. The molecule has 7 heteroatoms. The number of benzene rings is 2. The Bertz CT molecular complexity index is 1020. The number of phenolic OH excluding ortho intramolecular Hbond substituents is 1. The first-order valence-electron chi connectivity index (χ1n) is 13.9. The summed E-state index contributed by atoms with van der Waals surface area (Å²) in [5.74, 6) is 1.60. The molecule has 2 atom stereocenters. The molecule has 0 unspecified atom stereocenters. The number of nitrogens with one attached hydrogen (secondary N) is 1. The summed E-state index contributed by atoms with van der Waals surface area (Å²) in [4.78, 5) is 18.0.